The summed E-state index contributed by atoms with van der Waals surface area (Å²) in [5.74, 6) is -0.0873. The van der Waals surface area contributed by atoms with Crippen LogP contribution in [0.2, 0.25) is 0 Å². The monoisotopic (exact) mass is 370 g/mol. The third-order valence-corrected chi connectivity index (χ3v) is 5.40. The van der Waals surface area contributed by atoms with E-state index in [2.05, 4.69) is 4.99 Å². The molecule has 0 saturated carbocycles. The molecule has 1 aromatic carbocycles. The minimum absolute atomic E-state index is 0.0434. The molecule has 1 aromatic heterocycles. The number of nitro groups is 1. The van der Waals surface area contributed by atoms with E-state index in [0.717, 1.165) is 22.6 Å². The summed E-state index contributed by atoms with van der Waals surface area (Å²) >= 11 is 1.34. The number of amidine groups is 1. The lowest BCUT2D eigenvalue weighted by Crippen LogP contribution is -2.23. The van der Waals surface area contributed by atoms with E-state index in [0.29, 0.717) is 10.1 Å². The Morgan fingerprint density at radius 3 is 2.62 bits per heavy atom. The lowest BCUT2D eigenvalue weighted by molar-refractivity contribution is -0.384. The number of thioether (sulfide) groups is 1. The van der Waals surface area contributed by atoms with Crippen LogP contribution in [-0.4, -0.2) is 39.6 Å². The highest BCUT2D eigenvalue weighted by Crippen LogP contribution is 2.33. The highest BCUT2D eigenvalue weighted by Gasteiger charge is 2.30. The average Bonchev–Trinajstić information content (AvgIpc) is 3.05. The normalized spacial score (nSPS) is 17.5. The van der Waals surface area contributed by atoms with E-state index in [-0.39, 0.29) is 11.6 Å². The van der Waals surface area contributed by atoms with Crippen molar-refractivity contribution < 1.29 is 9.72 Å². The molecule has 26 heavy (non-hydrogen) atoms. The number of aliphatic imine (C=N–C) groups is 1. The predicted octanol–water partition coefficient (Wildman–Crippen LogP) is 3.53. The van der Waals surface area contributed by atoms with Gasteiger partial charge in [-0.15, -0.1) is 0 Å². The maximum atomic E-state index is 12.3. The fourth-order valence-electron chi connectivity index (χ4n) is 2.97. The number of nitrogens with zero attached hydrogens (tertiary/aromatic N) is 4. The van der Waals surface area contributed by atoms with E-state index in [1.807, 2.05) is 36.6 Å². The summed E-state index contributed by atoms with van der Waals surface area (Å²) in [6.07, 6.45) is 1.85. The van der Waals surface area contributed by atoms with Crippen LogP contribution < -0.4 is 0 Å². The molecule has 0 bridgehead atoms. The molecule has 1 aliphatic heterocycles. The van der Waals surface area contributed by atoms with Crippen LogP contribution in [0.3, 0.4) is 0 Å². The fourth-order valence-corrected chi connectivity index (χ4v) is 3.89. The van der Waals surface area contributed by atoms with Gasteiger partial charge >= 0.3 is 0 Å². The molecule has 8 heteroatoms. The van der Waals surface area contributed by atoms with Crippen LogP contribution in [0.5, 0.6) is 0 Å². The van der Waals surface area contributed by atoms with Gasteiger partial charge in [-0.1, -0.05) is 6.07 Å². The van der Waals surface area contributed by atoms with Gasteiger partial charge in [0.1, 0.15) is 0 Å². The maximum Gasteiger partial charge on any atom is 0.271 e. The summed E-state index contributed by atoms with van der Waals surface area (Å²) in [4.78, 5) is 29.2. The largest absolute Gasteiger partial charge is 0.318 e. The Kier molecular flexibility index (Phi) is 4.69. The Labute approximate surface area is 155 Å². The van der Waals surface area contributed by atoms with Gasteiger partial charge in [-0.3, -0.25) is 24.8 Å². The molecule has 1 aliphatic rings. The molecule has 1 saturated heterocycles. The molecular weight excluding hydrogens is 352 g/mol. The van der Waals surface area contributed by atoms with Crippen LogP contribution in [0.15, 0.2) is 40.2 Å². The zero-order valence-corrected chi connectivity index (χ0v) is 15.7. The number of nitro benzene ring substituents is 1. The molecule has 0 spiro atoms. The summed E-state index contributed by atoms with van der Waals surface area (Å²) in [6, 6.07) is 8.47. The molecule has 7 nitrogen and oxygen atoms in total. The Hall–Kier alpha value is -2.87. The maximum absolute atomic E-state index is 12.3. The Morgan fingerprint density at radius 1 is 1.27 bits per heavy atom. The van der Waals surface area contributed by atoms with E-state index in [9.17, 15) is 14.9 Å². The number of hydrogen-bond donors (Lipinski definition) is 0. The smallest absolute Gasteiger partial charge is 0.271 e. The van der Waals surface area contributed by atoms with Gasteiger partial charge in [0.15, 0.2) is 5.17 Å². The minimum Gasteiger partial charge on any atom is -0.318 e. The summed E-state index contributed by atoms with van der Waals surface area (Å²) in [5, 5.41) is 11.7. The summed E-state index contributed by atoms with van der Waals surface area (Å²) in [6.45, 7) is 3.86. The zero-order valence-electron chi connectivity index (χ0n) is 14.9. The van der Waals surface area contributed by atoms with Crippen LogP contribution in [-0.2, 0) is 4.79 Å². The second kappa shape index (κ2) is 6.80. The Balaban J connectivity index is 2.05. The summed E-state index contributed by atoms with van der Waals surface area (Å²) < 4.78 is 1.95. The second-order valence-corrected chi connectivity index (χ2v) is 6.93. The van der Waals surface area contributed by atoms with Gasteiger partial charge in [-0.05, 0) is 49.4 Å². The van der Waals surface area contributed by atoms with Crippen LogP contribution in [0.1, 0.15) is 17.0 Å². The van der Waals surface area contributed by atoms with Gasteiger partial charge in [-0.25, -0.2) is 0 Å². The molecule has 1 fully saturated rings. The van der Waals surface area contributed by atoms with Crippen molar-refractivity contribution in [1.29, 1.82) is 0 Å². The predicted molar refractivity (Wildman–Crippen MR) is 104 cm³/mol. The molecule has 0 radical (unpaired) electrons. The quantitative estimate of drug-likeness (QED) is 0.470. The third-order valence-electron chi connectivity index (χ3n) is 4.25. The minimum atomic E-state index is -0.407. The number of rotatable bonds is 3. The molecule has 0 aliphatic carbocycles. The molecule has 2 aromatic rings. The van der Waals surface area contributed by atoms with Gasteiger partial charge in [-0.2, -0.15) is 0 Å². The highest BCUT2D eigenvalue weighted by molar-refractivity contribution is 8.18. The van der Waals surface area contributed by atoms with Crippen molar-refractivity contribution in [1.82, 2.24) is 9.47 Å². The molecule has 0 unspecified atom stereocenters. The standard InChI is InChI=1S/C18H18N4O3S/c1-11-8-13(9-16-17(23)20(4)18(19-3)26-16)12(2)21(11)14-6-5-7-15(10-14)22(24)25/h5-10H,1-4H3/b16-9-,19-18?. The van der Waals surface area contributed by atoms with Gasteiger partial charge in [0.25, 0.3) is 11.6 Å². The number of carbonyl (C=O) groups excluding carboxylic acids is 1. The van der Waals surface area contributed by atoms with Crippen LogP contribution >= 0.6 is 11.8 Å². The number of hydrogen-bond acceptors (Lipinski definition) is 5. The van der Waals surface area contributed by atoms with Crippen molar-refractivity contribution in [3.63, 3.8) is 0 Å². The van der Waals surface area contributed by atoms with Gasteiger partial charge in [0.05, 0.1) is 15.5 Å². The Morgan fingerprint density at radius 2 is 2.00 bits per heavy atom. The molecule has 0 N–H and O–H groups in total. The van der Waals surface area contributed by atoms with E-state index in [1.165, 1.54) is 22.7 Å². The van der Waals surface area contributed by atoms with Crippen LogP contribution in [0, 0.1) is 24.0 Å². The number of likely N-dealkylation sites (N-methyl/N-ethyl adjacent to an activating group) is 1. The van der Waals surface area contributed by atoms with E-state index < -0.39 is 4.92 Å². The van der Waals surface area contributed by atoms with Gasteiger partial charge < -0.3 is 4.57 Å². The third kappa shape index (κ3) is 3.03. The average molecular weight is 370 g/mol. The first kappa shape index (κ1) is 17.9. The van der Waals surface area contributed by atoms with Crippen molar-refractivity contribution in [2.45, 2.75) is 13.8 Å². The fraction of sp³-hybridized carbons (Fsp3) is 0.222. The van der Waals surface area contributed by atoms with Crippen LogP contribution in [0.25, 0.3) is 11.8 Å². The Bertz CT molecular complexity index is 975. The first-order valence-corrected chi connectivity index (χ1v) is 8.73. The SMILES string of the molecule is CN=C1S/C(=C\c2cc(C)n(-c3cccc([N+](=O)[O-])c3)c2C)C(=O)N1C. The molecular formula is C18H18N4O3S. The topological polar surface area (TPSA) is 80.7 Å². The molecule has 3 rings (SSSR count). The molecule has 0 atom stereocenters. The van der Waals surface area contributed by atoms with E-state index in [1.54, 1.807) is 26.2 Å². The number of carbonyl (C=O) groups is 1. The first-order chi connectivity index (χ1) is 12.3. The summed E-state index contributed by atoms with van der Waals surface area (Å²) in [7, 11) is 3.36. The molecule has 2 heterocycles. The van der Waals surface area contributed by atoms with E-state index in [4.69, 9.17) is 0 Å². The molecule has 134 valence electrons. The van der Waals surface area contributed by atoms with Crippen molar-refractivity contribution >= 4 is 34.6 Å². The highest BCUT2D eigenvalue weighted by atomic mass is 32.2. The molecule has 1 amide bonds. The number of amides is 1. The summed E-state index contributed by atoms with van der Waals surface area (Å²) in [5.41, 5.74) is 3.51. The van der Waals surface area contributed by atoms with Crippen molar-refractivity contribution in [2.24, 2.45) is 4.99 Å². The zero-order chi connectivity index (χ0) is 19.0. The van der Waals surface area contributed by atoms with Gasteiger partial charge in [0.2, 0.25) is 0 Å². The first-order valence-electron chi connectivity index (χ1n) is 7.91. The number of aromatic nitrogens is 1. The van der Waals surface area contributed by atoms with Crippen molar-refractivity contribution in [3.8, 4) is 5.69 Å². The lowest BCUT2D eigenvalue weighted by Gasteiger charge is -2.09. The van der Waals surface area contributed by atoms with Crippen molar-refractivity contribution in [2.75, 3.05) is 14.1 Å². The number of benzene rings is 1. The van der Waals surface area contributed by atoms with Crippen LogP contribution in [0.4, 0.5) is 5.69 Å². The van der Waals surface area contributed by atoms with Gasteiger partial charge in [0, 0.05) is 37.6 Å². The number of non-ortho nitro benzene ring substituents is 1. The van der Waals surface area contributed by atoms with E-state index >= 15 is 0 Å². The lowest BCUT2D eigenvalue weighted by atomic mass is 10.2. The number of aryl methyl sites for hydroxylation is 1. The van der Waals surface area contributed by atoms with Crippen molar-refractivity contribution in [3.05, 3.63) is 62.3 Å². The second-order valence-electron chi connectivity index (χ2n) is 5.92.